The molecular formula is C35H64O8. The number of carbonyl (C=O) groups is 1. The van der Waals surface area contributed by atoms with Gasteiger partial charge in [-0.15, -0.1) is 0 Å². The molecule has 0 saturated carbocycles. The number of hydrogen-bond acceptors (Lipinski definition) is 8. The SMILES string of the molecule is CCCCCCCCCCCC[C@H](O)[C@H](O)CC[C@H](O)[C@H]1CC[C@@H](C[C@H](O)CCCCC[C@@H](O)CC2=C[C@H](C)OC2=O)O1. The van der Waals surface area contributed by atoms with Gasteiger partial charge < -0.3 is 35.0 Å². The van der Waals surface area contributed by atoms with Crippen molar-refractivity contribution in [2.75, 3.05) is 0 Å². The van der Waals surface area contributed by atoms with Crippen molar-refractivity contribution in [2.45, 2.75) is 204 Å². The van der Waals surface area contributed by atoms with Crippen molar-refractivity contribution in [3.8, 4) is 0 Å². The largest absolute Gasteiger partial charge is 0.455 e. The van der Waals surface area contributed by atoms with Crippen LogP contribution in [0, 0.1) is 0 Å². The van der Waals surface area contributed by atoms with Crippen molar-refractivity contribution >= 4 is 5.97 Å². The van der Waals surface area contributed by atoms with Gasteiger partial charge >= 0.3 is 5.97 Å². The first-order valence-electron chi connectivity index (χ1n) is 17.7. The van der Waals surface area contributed by atoms with Crippen LogP contribution in [0.5, 0.6) is 0 Å². The van der Waals surface area contributed by atoms with Gasteiger partial charge in [-0.2, -0.15) is 0 Å². The molecule has 2 rings (SSSR count). The molecule has 1 fully saturated rings. The monoisotopic (exact) mass is 612 g/mol. The Kier molecular flexibility index (Phi) is 19.9. The zero-order chi connectivity index (χ0) is 31.5. The first-order chi connectivity index (χ1) is 20.7. The Labute approximate surface area is 261 Å². The molecule has 43 heavy (non-hydrogen) atoms. The summed E-state index contributed by atoms with van der Waals surface area (Å²) in [5.74, 6) is -0.329. The molecule has 0 amide bonds. The van der Waals surface area contributed by atoms with E-state index in [2.05, 4.69) is 6.92 Å². The fourth-order valence-corrected chi connectivity index (χ4v) is 6.44. The van der Waals surface area contributed by atoms with Crippen LogP contribution in [0.2, 0.25) is 0 Å². The molecule has 0 aliphatic carbocycles. The number of unbranched alkanes of at least 4 members (excludes halogenated alkanes) is 11. The van der Waals surface area contributed by atoms with Crippen LogP contribution in [-0.2, 0) is 14.3 Å². The number of cyclic esters (lactones) is 1. The van der Waals surface area contributed by atoms with E-state index in [0.29, 0.717) is 50.5 Å². The maximum absolute atomic E-state index is 11.7. The summed E-state index contributed by atoms with van der Waals surface area (Å²) in [7, 11) is 0. The topological polar surface area (TPSA) is 137 Å². The van der Waals surface area contributed by atoms with E-state index in [-0.39, 0.29) is 24.3 Å². The summed E-state index contributed by atoms with van der Waals surface area (Å²) >= 11 is 0. The van der Waals surface area contributed by atoms with Gasteiger partial charge in [-0.3, -0.25) is 0 Å². The van der Waals surface area contributed by atoms with Gasteiger partial charge in [0.15, 0.2) is 0 Å². The maximum Gasteiger partial charge on any atom is 0.334 e. The quantitative estimate of drug-likeness (QED) is 0.0590. The van der Waals surface area contributed by atoms with E-state index in [1.54, 1.807) is 13.0 Å². The van der Waals surface area contributed by atoms with Crippen molar-refractivity contribution in [3.63, 3.8) is 0 Å². The molecule has 8 nitrogen and oxygen atoms in total. The van der Waals surface area contributed by atoms with Gasteiger partial charge in [0.05, 0.1) is 42.7 Å². The van der Waals surface area contributed by atoms with Crippen molar-refractivity contribution in [3.05, 3.63) is 11.6 Å². The second-order valence-corrected chi connectivity index (χ2v) is 13.3. The van der Waals surface area contributed by atoms with Crippen LogP contribution in [-0.4, -0.2) is 80.3 Å². The summed E-state index contributed by atoms with van der Waals surface area (Å²) in [6, 6.07) is 0. The highest BCUT2D eigenvalue weighted by atomic mass is 16.5. The van der Waals surface area contributed by atoms with Gasteiger partial charge in [0.2, 0.25) is 0 Å². The summed E-state index contributed by atoms with van der Waals surface area (Å²) in [4.78, 5) is 11.7. The predicted octanol–water partition coefficient (Wildman–Crippen LogP) is 6.03. The average Bonchev–Trinajstić information content (AvgIpc) is 3.56. The highest BCUT2D eigenvalue weighted by Gasteiger charge is 2.32. The highest BCUT2D eigenvalue weighted by molar-refractivity contribution is 5.90. The van der Waals surface area contributed by atoms with Crippen molar-refractivity contribution < 1.29 is 39.8 Å². The van der Waals surface area contributed by atoms with Crippen molar-refractivity contribution in [1.82, 2.24) is 0 Å². The lowest BCUT2D eigenvalue weighted by Gasteiger charge is -2.23. The summed E-state index contributed by atoms with van der Waals surface area (Å²) in [5, 5.41) is 52.1. The molecule has 2 aliphatic heterocycles. The third kappa shape index (κ3) is 16.7. The van der Waals surface area contributed by atoms with Crippen LogP contribution in [0.3, 0.4) is 0 Å². The summed E-state index contributed by atoms with van der Waals surface area (Å²) in [6.45, 7) is 4.04. The molecule has 8 atom stereocenters. The highest BCUT2D eigenvalue weighted by Crippen LogP contribution is 2.28. The lowest BCUT2D eigenvalue weighted by molar-refractivity contribution is -0.139. The average molecular weight is 613 g/mol. The van der Waals surface area contributed by atoms with Crippen LogP contribution in [0.15, 0.2) is 11.6 Å². The Bertz CT molecular complexity index is 758. The van der Waals surface area contributed by atoms with E-state index in [1.165, 1.54) is 51.4 Å². The summed E-state index contributed by atoms with van der Waals surface area (Å²) < 4.78 is 11.1. The molecule has 1 saturated heterocycles. The van der Waals surface area contributed by atoms with E-state index in [9.17, 15) is 30.3 Å². The first kappa shape index (κ1) is 38.2. The van der Waals surface area contributed by atoms with Gasteiger partial charge in [0.25, 0.3) is 0 Å². The third-order valence-electron chi connectivity index (χ3n) is 9.18. The molecule has 252 valence electrons. The van der Waals surface area contributed by atoms with Crippen LogP contribution in [0.25, 0.3) is 0 Å². The fraction of sp³-hybridized carbons (Fsp3) is 0.914. The Hall–Kier alpha value is -1.03. The van der Waals surface area contributed by atoms with Gasteiger partial charge in [-0.1, -0.05) is 90.4 Å². The van der Waals surface area contributed by atoms with Gasteiger partial charge in [0.1, 0.15) is 6.10 Å². The van der Waals surface area contributed by atoms with Gasteiger partial charge in [-0.05, 0) is 64.4 Å². The first-order valence-corrected chi connectivity index (χ1v) is 17.7. The number of esters is 1. The molecule has 8 heteroatoms. The van der Waals surface area contributed by atoms with E-state index in [0.717, 1.165) is 44.9 Å². The standard InChI is InChI=1S/C35H64O8/c1-3-4-5-6-7-8-9-10-11-15-18-31(38)32(39)20-21-33(40)34-22-19-30(43-34)25-29(37)17-14-12-13-16-28(36)24-27-23-26(2)42-35(27)41/h23,26,28-34,36-40H,3-22,24-25H2,1-2H3/t26-,28+,29+,30-,31-,32+,33-,34+/m0/s1. The van der Waals surface area contributed by atoms with E-state index in [1.807, 2.05) is 0 Å². The van der Waals surface area contributed by atoms with E-state index >= 15 is 0 Å². The number of aliphatic hydroxyl groups is 5. The molecule has 0 bridgehead atoms. The van der Waals surface area contributed by atoms with Crippen molar-refractivity contribution in [2.24, 2.45) is 0 Å². The molecule has 0 spiro atoms. The zero-order valence-corrected chi connectivity index (χ0v) is 27.2. The smallest absolute Gasteiger partial charge is 0.334 e. The minimum Gasteiger partial charge on any atom is -0.455 e. The number of aliphatic hydroxyl groups excluding tert-OH is 5. The predicted molar refractivity (Wildman–Crippen MR) is 170 cm³/mol. The van der Waals surface area contributed by atoms with Crippen molar-refractivity contribution in [1.29, 1.82) is 0 Å². The fourth-order valence-electron chi connectivity index (χ4n) is 6.44. The molecular weight excluding hydrogens is 548 g/mol. The molecule has 2 heterocycles. The Morgan fingerprint density at radius 2 is 1.28 bits per heavy atom. The van der Waals surface area contributed by atoms with Crippen LogP contribution in [0.1, 0.15) is 155 Å². The van der Waals surface area contributed by atoms with Gasteiger partial charge in [-0.25, -0.2) is 4.79 Å². The molecule has 0 aromatic heterocycles. The molecule has 0 aromatic carbocycles. The second-order valence-electron chi connectivity index (χ2n) is 13.3. The Balaban J connectivity index is 1.46. The lowest BCUT2D eigenvalue weighted by atomic mass is 9.97. The number of carbonyl (C=O) groups excluding carboxylic acids is 1. The van der Waals surface area contributed by atoms with Crippen LogP contribution >= 0.6 is 0 Å². The third-order valence-corrected chi connectivity index (χ3v) is 9.18. The van der Waals surface area contributed by atoms with E-state index in [4.69, 9.17) is 9.47 Å². The van der Waals surface area contributed by atoms with Gasteiger partial charge in [0, 0.05) is 12.0 Å². The molecule has 2 aliphatic rings. The maximum atomic E-state index is 11.7. The number of rotatable bonds is 26. The number of hydrogen-bond donors (Lipinski definition) is 5. The molecule has 5 N–H and O–H groups in total. The summed E-state index contributed by atoms with van der Waals surface area (Å²) in [6.07, 6.45) is 17.9. The number of ether oxygens (including phenoxy) is 2. The van der Waals surface area contributed by atoms with Crippen LogP contribution < -0.4 is 0 Å². The minimum atomic E-state index is -0.826. The zero-order valence-electron chi connectivity index (χ0n) is 27.2. The lowest BCUT2D eigenvalue weighted by Crippen LogP contribution is -2.31. The Morgan fingerprint density at radius 3 is 1.91 bits per heavy atom. The van der Waals surface area contributed by atoms with Crippen LogP contribution in [0.4, 0.5) is 0 Å². The molecule has 0 radical (unpaired) electrons. The normalized spacial score (nSPS) is 24.0. The van der Waals surface area contributed by atoms with E-state index < -0.39 is 30.5 Å². The molecule has 0 aromatic rings. The Morgan fingerprint density at radius 1 is 0.721 bits per heavy atom. The second kappa shape index (κ2) is 22.5. The summed E-state index contributed by atoms with van der Waals surface area (Å²) in [5.41, 5.74) is 0.559. The molecule has 0 unspecified atom stereocenters. The minimum absolute atomic E-state index is 0.0786.